The number of aromatic nitrogens is 2. The van der Waals surface area contributed by atoms with E-state index in [1.54, 1.807) is 18.2 Å². The molecule has 0 unspecified atom stereocenters. The van der Waals surface area contributed by atoms with Crippen LogP contribution in [0.4, 0.5) is 17.3 Å². The molecule has 1 aromatic heterocycles. The number of nitrogens with zero attached hydrogens (tertiary/aromatic N) is 3. The van der Waals surface area contributed by atoms with Crippen molar-refractivity contribution in [2.24, 2.45) is 0 Å². The fraction of sp³-hybridized carbons (Fsp3) is 0.0556. The van der Waals surface area contributed by atoms with Crippen LogP contribution in [-0.4, -0.2) is 23.2 Å². The molecule has 1 amide bonds. The van der Waals surface area contributed by atoms with Gasteiger partial charge >= 0.3 is 0 Å². The average Bonchev–Trinajstić information content (AvgIpc) is 2.63. The van der Waals surface area contributed by atoms with Crippen molar-refractivity contribution >= 4 is 23.2 Å². The van der Waals surface area contributed by atoms with Crippen LogP contribution in [0.5, 0.6) is 0 Å². The number of hydrogen-bond acceptors (Lipinski definition) is 4. The van der Waals surface area contributed by atoms with Gasteiger partial charge in [-0.05, 0) is 36.4 Å². The van der Waals surface area contributed by atoms with E-state index in [1.165, 1.54) is 0 Å². The minimum absolute atomic E-state index is 0.205. The van der Waals surface area contributed by atoms with Crippen molar-refractivity contribution in [1.82, 2.24) is 10.2 Å². The first-order valence-corrected chi connectivity index (χ1v) is 7.23. The number of anilines is 3. The quantitative estimate of drug-likeness (QED) is 0.801. The number of rotatable bonds is 4. The molecule has 1 N–H and O–H groups in total. The van der Waals surface area contributed by atoms with Crippen LogP contribution >= 0.6 is 0 Å². The standard InChI is InChI=1S/C18H16N4O/c1-22(15-10-6-3-7-11-15)17-13-12-16(20-21-17)19-18(23)14-8-4-2-5-9-14/h2-13H,1H3,(H,19,20,23). The molecule has 3 aromatic rings. The van der Waals surface area contributed by atoms with E-state index < -0.39 is 0 Å². The molecule has 0 aliphatic carbocycles. The summed E-state index contributed by atoms with van der Waals surface area (Å²) in [5.41, 5.74) is 1.60. The average molecular weight is 304 g/mol. The molecule has 23 heavy (non-hydrogen) atoms. The van der Waals surface area contributed by atoms with Crippen LogP contribution in [0.3, 0.4) is 0 Å². The smallest absolute Gasteiger partial charge is 0.256 e. The van der Waals surface area contributed by atoms with Crippen molar-refractivity contribution in [3.63, 3.8) is 0 Å². The monoisotopic (exact) mass is 304 g/mol. The molecule has 114 valence electrons. The second-order valence-electron chi connectivity index (χ2n) is 4.99. The third kappa shape index (κ3) is 3.52. The number of amides is 1. The van der Waals surface area contributed by atoms with Crippen LogP contribution < -0.4 is 10.2 Å². The highest BCUT2D eigenvalue weighted by atomic mass is 16.1. The highest BCUT2D eigenvalue weighted by Gasteiger charge is 2.08. The van der Waals surface area contributed by atoms with Crippen molar-refractivity contribution < 1.29 is 4.79 Å². The molecule has 0 fully saturated rings. The molecule has 5 nitrogen and oxygen atoms in total. The van der Waals surface area contributed by atoms with Crippen molar-refractivity contribution in [1.29, 1.82) is 0 Å². The summed E-state index contributed by atoms with van der Waals surface area (Å²) in [6, 6.07) is 22.4. The highest BCUT2D eigenvalue weighted by molar-refractivity contribution is 6.03. The molecule has 2 aromatic carbocycles. The minimum atomic E-state index is -0.205. The Morgan fingerprint density at radius 3 is 2.13 bits per heavy atom. The summed E-state index contributed by atoms with van der Waals surface area (Å²) in [7, 11) is 1.92. The third-order valence-electron chi connectivity index (χ3n) is 3.42. The summed E-state index contributed by atoms with van der Waals surface area (Å²) in [5.74, 6) is 0.919. The number of carbonyl (C=O) groups is 1. The molecule has 0 bridgehead atoms. The lowest BCUT2D eigenvalue weighted by Crippen LogP contribution is -2.15. The lowest BCUT2D eigenvalue weighted by atomic mass is 10.2. The normalized spacial score (nSPS) is 10.1. The van der Waals surface area contributed by atoms with E-state index in [4.69, 9.17) is 0 Å². The summed E-state index contributed by atoms with van der Waals surface area (Å²) in [5, 5.41) is 11.0. The zero-order valence-corrected chi connectivity index (χ0v) is 12.7. The first-order valence-electron chi connectivity index (χ1n) is 7.23. The fourth-order valence-electron chi connectivity index (χ4n) is 2.13. The van der Waals surface area contributed by atoms with Gasteiger partial charge in [0.05, 0.1) is 0 Å². The molecule has 5 heteroatoms. The maximum Gasteiger partial charge on any atom is 0.256 e. The van der Waals surface area contributed by atoms with Crippen LogP contribution in [0.25, 0.3) is 0 Å². The van der Waals surface area contributed by atoms with E-state index in [2.05, 4.69) is 15.5 Å². The molecule has 0 atom stereocenters. The van der Waals surface area contributed by atoms with E-state index >= 15 is 0 Å². The molecular weight excluding hydrogens is 288 g/mol. The highest BCUT2D eigenvalue weighted by Crippen LogP contribution is 2.20. The number of benzene rings is 2. The molecule has 0 aliphatic heterocycles. The van der Waals surface area contributed by atoms with E-state index in [0.717, 1.165) is 5.69 Å². The van der Waals surface area contributed by atoms with Gasteiger partial charge in [0.1, 0.15) is 0 Å². The van der Waals surface area contributed by atoms with Crippen molar-refractivity contribution in [2.45, 2.75) is 0 Å². The molecule has 0 saturated heterocycles. The first kappa shape index (κ1) is 14.7. The van der Waals surface area contributed by atoms with E-state index in [9.17, 15) is 4.79 Å². The Morgan fingerprint density at radius 2 is 1.52 bits per heavy atom. The molecule has 0 radical (unpaired) electrons. The second-order valence-corrected chi connectivity index (χ2v) is 4.99. The molecule has 0 aliphatic rings. The Hall–Kier alpha value is -3.21. The van der Waals surface area contributed by atoms with E-state index in [0.29, 0.717) is 17.2 Å². The number of carbonyl (C=O) groups excluding carboxylic acids is 1. The van der Waals surface area contributed by atoms with Gasteiger partial charge in [0.25, 0.3) is 5.91 Å². The Morgan fingerprint density at radius 1 is 0.870 bits per heavy atom. The predicted molar refractivity (Wildman–Crippen MR) is 90.9 cm³/mol. The van der Waals surface area contributed by atoms with Crippen molar-refractivity contribution in [2.75, 3.05) is 17.3 Å². The maximum absolute atomic E-state index is 12.1. The lowest BCUT2D eigenvalue weighted by molar-refractivity contribution is 0.102. The van der Waals surface area contributed by atoms with Crippen LogP contribution in [0.15, 0.2) is 72.8 Å². The summed E-state index contributed by atoms with van der Waals surface area (Å²) in [4.78, 5) is 14.0. The van der Waals surface area contributed by atoms with Gasteiger partial charge in [-0.25, -0.2) is 0 Å². The second kappa shape index (κ2) is 6.70. The van der Waals surface area contributed by atoms with Gasteiger partial charge in [-0.15, -0.1) is 10.2 Å². The lowest BCUT2D eigenvalue weighted by Gasteiger charge is -2.17. The number of hydrogen-bond donors (Lipinski definition) is 1. The zero-order chi connectivity index (χ0) is 16.1. The van der Waals surface area contributed by atoms with Gasteiger partial charge in [-0.1, -0.05) is 36.4 Å². The summed E-state index contributed by atoms with van der Waals surface area (Å²) in [6.07, 6.45) is 0. The SMILES string of the molecule is CN(c1ccccc1)c1ccc(NC(=O)c2ccccc2)nn1. The van der Waals surface area contributed by atoms with Crippen LogP contribution in [0.2, 0.25) is 0 Å². The molecular formula is C18H16N4O. The first-order chi connectivity index (χ1) is 11.2. The zero-order valence-electron chi connectivity index (χ0n) is 12.7. The van der Waals surface area contributed by atoms with Gasteiger partial charge in [0.2, 0.25) is 0 Å². The minimum Gasteiger partial charge on any atom is -0.328 e. The Kier molecular flexibility index (Phi) is 4.29. The molecule has 3 rings (SSSR count). The topological polar surface area (TPSA) is 58.1 Å². The van der Waals surface area contributed by atoms with Gasteiger partial charge < -0.3 is 10.2 Å². The Bertz CT molecular complexity index is 773. The van der Waals surface area contributed by atoms with Gasteiger partial charge in [0, 0.05) is 18.3 Å². The number of para-hydroxylation sites is 1. The molecule has 1 heterocycles. The largest absolute Gasteiger partial charge is 0.328 e. The van der Waals surface area contributed by atoms with Gasteiger partial charge in [-0.2, -0.15) is 0 Å². The van der Waals surface area contributed by atoms with Gasteiger partial charge in [0.15, 0.2) is 11.6 Å². The summed E-state index contributed by atoms with van der Waals surface area (Å²) >= 11 is 0. The van der Waals surface area contributed by atoms with E-state index in [1.807, 2.05) is 66.5 Å². The van der Waals surface area contributed by atoms with Crippen molar-refractivity contribution in [3.8, 4) is 0 Å². The molecule has 0 spiro atoms. The van der Waals surface area contributed by atoms with Crippen molar-refractivity contribution in [3.05, 3.63) is 78.4 Å². The van der Waals surface area contributed by atoms with Crippen LogP contribution in [0, 0.1) is 0 Å². The summed E-state index contributed by atoms with van der Waals surface area (Å²) < 4.78 is 0. The third-order valence-corrected chi connectivity index (χ3v) is 3.42. The van der Waals surface area contributed by atoms with Gasteiger partial charge in [-0.3, -0.25) is 4.79 Å². The summed E-state index contributed by atoms with van der Waals surface area (Å²) in [6.45, 7) is 0. The Labute approximate surface area is 134 Å². The Balaban J connectivity index is 1.71. The fourth-order valence-corrected chi connectivity index (χ4v) is 2.13. The molecule has 0 saturated carbocycles. The van der Waals surface area contributed by atoms with Crippen LogP contribution in [0.1, 0.15) is 10.4 Å². The number of nitrogens with one attached hydrogen (secondary N) is 1. The maximum atomic E-state index is 12.1. The van der Waals surface area contributed by atoms with Crippen LogP contribution in [-0.2, 0) is 0 Å². The predicted octanol–water partition coefficient (Wildman–Crippen LogP) is 3.50. The van der Waals surface area contributed by atoms with E-state index in [-0.39, 0.29) is 5.91 Å².